The van der Waals surface area contributed by atoms with E-state index in [0.29, 0.717) is 30.8 Å². The number of hydrogen-bond donors (Lipinski definition) is 2. The van der Waals surface area contributed by atoms with Crippen LogP contribution in [0.2, 0.25) is 0 Å². The minimum atomic E-state index is 0.0361. The van der Waals surface area contributed by atoms with E-state index in [-0.39, 0.29) is 6.04 Å². The Morgan fingerprint density at radius 3 is 3.00 bits per heavy atom. The maximum Gasteiger partial charge on any atom is 0.315 e. The molecule has 92 valence electrons. The van der Waals surface area contributed by atoms with E-state index in [1.807, 2.05) is 14.0 Å². The second kappa shape index (κ2) is 5.39. The molecule has 0 amide bonds. The van der Waals surface area contributed by atoms with Gasteiger partial charge in [-0.15, -0.1) is 5.10 Å². The number of rotatable bonds is 6. The van der Waals surface area contributed by atoms with Crippen LogP contribution in [0.1, 0.15) is 24.7 Å². The lowest BCUT2D eigenvalue weighted by Crippen LogP contribution is -2.12. The Kier molecular flexibility index (Phi) is 3.66. The van der Waals surface area contributed by atoms with Crippen molar-refractivity contribution in [3.05, 3.63) is 18.1 Å². The first-order valence-electron chi connectivity index (χ1n) is 5.29. The van der Waals surface area contributed by atoms with Gasteiger partial charge in [0.2, 0.25) is 11.8 Å². The van der Waals surface area contributed by atoms with Crippen LogP contribution in [-0.2, 0) is 6.42 Å². The Hall–Kier alpha value is -1.96. The maximum absolute atomic E-state index is 5.39. The third-order valence-corrected chi connectivity index (χ3v) is 2.27. The highest BCUT2D eigenvalue weighted by Gasteiger charge is 2.11. The Balaban J connectivity index is 1.81. The fourth-order valence-electron chi connectivity index (χ4n) is 1.19. The summed E-state index contributed by atoms with van der Waals surface area (Å²) in [6.45, 7) is 2.54. The van der Waals surface area contributed by atoms with E-state index in [4.69, 9.17) is 8.94 Å². The lowest BCUT2D eigenvalue weighted by atomic mass is 10.3. The highest BCUT2D eigenvalue weighted by atomic mass is 16.5. The van der Waals surface area contributed by atoms with Gasteiger partial charge in [0.05, 0.1) is 6.04 Å². The average molecular weight is 238 g/mol. The van der Waals surface area contributed by atoms with Gasteiger partial charge in [-0.2, -0.15) is 4.98 Å². The van der Waals surface area contributed by atoms with Crippen LogP contribution < -0.4 is 10.6 Å². The molecule has 1 atom stereocenters. The Morgan fingerprint density at radius 2 is 2.29 bits per heavy atom. The van der Waals surface area contributed by atoms with Gasteiger partial charge < -0.3 is 19.6 Å². The molecular weight excluding hydrogens is 224 g/mol. The van der Waals surface area contributed by atoms with Crippen LogP contribution in [0, 0.1) is 0 Å². The SMILES string of the molecule is CNC(C)c1nnc(NCCc2ncno2)o1. The molecule has 0 spiro atoms. The van der Waals surface area contributed by atoms with Gasteiger partial charge in [-0.3, -0.25) is 0 Å². The van der Waals surface area contributed by atoms with Crippen LogP contribution in [0.5, 0.6) is 0 Å². The van der Waals surface area contributed by atoms with Gasteiger partial charge >= 0.3 is 6.01 Å². The summed E-state index contributed by atoms with van der Waals surface area (Å²) >= 11 is 0. The van der Waals surface area contributed by atoms with E-state index in [0.717, 1.165) is 0 Å². The standard InChI is InChI=1S/C9H14N6O2/c1-6(10-2)8-14-15-9(16-8)11-4-3-7-12-5-13-17-7/h5-6,10H,3-4H2,1-2H3,(H,11,15). The second-order valence-corrected chi connectivity index (χ2v) is 3.47. The monoisotopic (exact) mass is 238 g/mol. The van der Waals surface area contributed by atoms with Crippen molar-refractivity contribution in [2.24, 2.45) is 0 Å². The van der Waals surface area contributed by atoms with Crippen molar-refractivity contribution in [3.8, 4) is 0 Å². The largest absolute Gasteiger partial charge is 0.406 e. The van der Waals surface area contributed by atoms with Crippen LogP contribution in [-0.4, -0.2) is 33.9 Å². The summed E-state index contributed by atoms with van der Waals surface area (Å²) < 4.78 is 10.2. The third kappa shape index (κ3) is 3.00. The van der Waals surface area contributed by atoms with Crippen LogP contribution in [0.25, 0.3) is 0 Å². The molecule has 8 nitrogen and oxygen atoms in total. The molecule has 0 aromatic carbocycles. The molecule has 2 aromatic heterocycles. The van der Waals surface area contributed by atoms with E-state index in [9.17, 15) is 0 Å². The normalized spacial score (nSPS) is 12.6. The molecule has 8 heteroatoms. The van der Waals surface area contributed by atoms with Gasteiger partial charge in [0.15, 0.2) is 6.33 Å². The van der Waals surface area contributed by atoms with Gasteiger partial charge in [0.1, 0.15) is 0 Å². The summed E-state index contributed by atoms with van der Waals surface area (Å²) in [5.74, 6) is 1.12. The minimum Gasteiger partial charge on any atom is -0.406 e. The molecule has 0 fully saturated rings. The van der Waals surface area contributed by atoms with Crippen molar-refractivity contribution in [2.45, 2.75) is 19.4 Å². The van der Waals surface area contributed by atoms with Gasteiger partial charge in [-0.05, 0) is 14.0 Å². The number of aromatic nitrogens is 4. The van der Waals surface area contributed by atoms with Crippen molar-refractivity contribution < 1.29 is 8.94 Å². The number of nitrogens with zero attached hydrogens (tertiary/aromatic N) is 4. The molecule has 0 saturated carbocycles. The molecule has 0 aliphatic heterocycles. The highest BCUT2D eigenvalue weighted by Crippen LogP contribution is 2.12. The van der Waals surface area contributed by atoms with Crippen molar-refractivity contribution in [1.29, 1.82) is 0 Å². The Bertz CT molecular complexity index is 440. The number of nitrogens with one attached hydrogen (secondary N) is 2. The van der Waals surface area contributed by atoms with Gasteiger partial charge in [0.25, 0.3) is 0 Å². The first-order valence-corrected chi connectivity index (χ1v) is 5.29. The third-order valence-electron chi connectivity index (χ3n) is 2.27. The molecule has 0 radical (unpaired) electrons. The Labute approximate surface area is 97.8 Å². The molecule has 2 heterocycles. The Morgan fingerprint density at radius 1 is 1.41 bits per heavy atom. The molecule has 17 heavy (non-hydrogen) atoms. The van der Waals surface area contributed by atoms with Gasteiger partial charge in [-0.25, -0.2) is 0 Å². The quantitative estimate of drug-likeness (QED) is 0.745. The highest BCUT2D eigenvalue weighted by molar-refractivity contribution is 5.17. The molecule has 2 aromatic rings. The zero-order chi connectivity index (χ0) is 12.1. The van der Waals surface area contributed by atoms with Gasteiger partial charge in [0, 0.05) is 13.0 Å². The maximum atomic E-state index is 5.39. The predicted octanol–water partition coefficient (Wildman–Crippen LogP) is 0.388. The number of hydrogen-bond acceptors (Lipinski definition) is 8. The second-order valence-electron chi connectivity index (χ2n) is 3.47. The average Bonchev–Trinajstić information content (AvgIpc) is 2.99. The lowest BCUT2D eigenvalue weighted by Gasteiger charge is -2.02. The topological polar surface area (TPSA) is 102 Å². The summed E-state index contributed by atoms with van der Waals surface area (Å²) in [5, 5.41) is 17.3. The molecule has 0 bridgehead atoms. The first kappa shape index (κ1) is 11.5. The molecule has 0 aliphatic rings. The predicted molar refractivity (Wildman–Crippen MR) is 58.3 cm³/mol. The molecular formula is C9H14N6O2. The van der Waals surface area contributed by atoms with E-state index in [2.05, 4.69) is 31.0 Å². The summed E-state index contributed by atoms with van der Waals surface area (Å²) in [6.07, 6.45) is 1.98. The fraction of sp³-hybridized carbons (Fsp3) is 0.556. The first-order chi connectivity index (χ1) is 8.29. The van der Waals surface area contributed by atoms with Crippen molar-refractivity contribution in [2.75, 3.05) is 18.9 Å². The van der Waals surface area contributed by atoms with Crippen LogP contribution >= 0.6 is 0 Å². The van der Waals surface area contributed by atoms with Crippen LogP contribution in [0.15, 0.2) is 15.3 Å². The molecule has 2 N–H and O–H groups in total. The van der Waals surface area contributed by atoms with E-state index in [1.54, 1.807) is 0 Å². The van der Waals surface area contributed by atoms with Crippen molar-refractivity contribution in [3.63, 3.8) is 0 Å². The molecule has 1 unspecified atom stereocenters. The van der Waals surface area contributed by atoms with Gasteiger partial charge in [-0.1, -0.05) is 10.3 Å². The van der Waals surface area contributed by atoms with Crippen LogP contribution in [0.3, 0.4) is 0 Å². The fourth-order valence-corrected chi connectivity index (χ4v) is 1.19. The minimum absolute atomic E-state index is 0.0361. The lowest BCUT2D eigenvalue weighted by molar-refractivity contribution is 0.379. The zero-order valence-electron chi connectivity index (χ0n) is 9.67. The summed E-state index contributed by atoms with van der Waals surface area (Å²) in [4.78, 5) is 3.90. The summed E-state index contributed by atoms with van der Waals surface area (Å²) in [7, 11) is 1.83. The number of anilines is 1. The van der Waals surface area contributed by atoms with E-state index < -0.39 is 0 Å². The van der Waals surface area contributed by atoms with E-state index >= 15 is 0 Å². The smallest absolute Gasteiger partial charge is 0.315 e. The summed E-state index contributed by atoms with van der Waals surface area (Å²) in [6, 6.07) is 0.426. The molecule has 0 aliphatic carbocycles. The van der Waals surface area contributed by atoms with Crippen LogP contribution in [0.4, 0.5) is 6.01 Å². The van der Waals surface area contributed by atoms with E-state index in [1.165, 1.54) is 6.33 Å². The zero-order valence-corrected chi connectivity index (χ0v) is 9.67. The van der Waals surface area contributed by atoms with Crippen molar-refractivity contribution >= 4 is 6.01 Å². The van der Waals surface area contributed by atoms with Crippen molar-refractivity contribution in [1.82, 2.24) is 25.7 Å². The summed E-state index contributed by atoms with van der Waals surface area (Å²) in [5.41, 5.74) is 0. The molecule has 0 saturated heterocycles. The molecule has 2 rings (SSSR count).